The SMILES string of the molecule is Cc1ccc(-n2nc(C(=O)N3CCOCC3)c(=O)n(C(C)c3ccccc3)c2=O)cc1F. The molecule has 1 aliphatic rings. The highest BCUT2D eigenvalue weighted by Crippen LogP contribution is 2.16. The van der Waals surface area contributed by atoms with E-state index in [1.165, 1.54) is 17.0 Å². The monoisotopic (exact) mass is 438 g/mol. The Morgan fingerprint density at radius 1 is 1.09 bits per heavy atom. The van der Waals surface area contributed by atoms with Gasteiger partial charge in [-0.1, -0.05) is 36.4 Å². The number of hydrogen-bond acceptors (Lipinski definition) is 5. The van der Waals surface area contributed by atoms with Gasteiger partial charge in [0.1, 0.15) is 5.82 Å². The molecular formula is C23H23FN4O4. The molecule has 0 N–H and O–H groups in total. The second-order valence-electron chi connectivity index (χ2n) is 7.64. The maximum absolute atomic E-state index is 14.2. The van der Waals surface area contributed by atoms with Crippen molar-refractivity contribution in [2.75, 3.05) is 26.3 Å². The summed E-state index contributed by atoms with van der Waals surface area (Å²) in [6.45, 7) is 4.62. The average molecular weight is 438 g/mol. The van der Waals surface area contributed by atoms with Crippen LogP contribution >= 0.6 is 0 Å². The molecule has 4 rings (SSSR count). The van der Waals surface area contributed by atoms with Gasteiger partial charge in [-0.2, -0.15) is 9.78 Å². The summed E-state index contributed by atoms with van der Waals surface area (Å²) in [5, 5.41) is 4.10. The van der Waals surface area contributed by atoms with E-state index in [1.54, 1.807) is 38.1 Å². The summed E-state index contributed by atoms with van der Waals surface area (Å²) < 4.78 is 21.4. The van der Waals surface area contributed by atoms with Gasteiger partial charge in [0.05, 0.1) is 24.9 Å². The molecule has 166 valence electrons. The Morgan fingerprint density at radius 3 is 2.44 bits per heavy atom. The van der Waals surface area contributed by atoms with Crippen molar-refractivity contribution in [3.8, 4) is 5.69 Å². The number of rotatable bonds is 4. The first kappa shape index (κ1) is 21.6. The molecule has 0 bridgehead atoms. The number of halogens is 1. The number of aromatic nitrogens is 3. The minimum absolute atomic E-state index is 0.128. The van der Waals surface area contributed by atoms with Gasteiger partial charge in [-0.25, -0.2) is 13.8 Å². The van der Waals surface area contributed by atoms with Gasteiger partial charge in [-0.15, -0.1) is 0 Å². The van der Waals surface area contributed by atoms with Crippen molar-refractivity contribution in [3.05, 3.63) is 92.0 Å². The first-order valence-electron chi connectivity index (χ1n) is 10.3. The van der Waals surface area contributed by atoms with Crippen LogP contribution in [0, 0.1) is 12.7 Å². The first-order valence-corrected chi connectivity index (χ1v) is 10.3. The number of nitrogens with zero attached hydrogens (tertiary/aromatic N) is 4. The third-order valence-corrected chi connectivity index (χ3v) is 5.58. The Balaban J connectivity index is 1.93. The summed E-state index contributed by atoms with van der Waals surface area (Å²) in [5.74, 6) is -1.11. The number of benzene rings is 2. The Hall–Kier alpha value is -3.59. The molecule has 0 spiro atoms. The topological polar surface area (TPSA) is 86.4 Å². The molecule has 9 heteroatoms. The molecule has 1 fully saturated rings. The molecular weight excluding hydrogens is 415 g/mol. The van der Waals surface area contributed by atoms with Gasteiger partial charge in [0, 0.05) is 19.2 Å². The van der Waals surface area contributed by atoms with Crippen LogP contribution in [0.3, 0.4) is 0 Å². The van der Waals surface area contributed by atoms with Gasteiger partial charge in [0.2, 0.25) is 5.69 Å². The average Bonchev–Trinajstić information content (AvgIpc) is 2.82. The quantitative estimate of drug-likeness (QED) is 0.621. The van der Waals surface area contributed by atoms with Gasteiger partial charge in [0.15, 0.2) is 0 Å². The van der Waals surface area contributed by atoms with Crippen molar-refractivity contribution < 1.29 is 13.9 Å². The maximum atomic E-state index is 14.2. The Labute approximate surface area is 183 Å². The zero-order valence-electron chi connectivity index (χ0n) is 17.8. The molecule has 3 aromatic rings. The van der Waals surface area contributed by atoms with Crippen molar-refractivity contribution in [1.82, 2.24) is 19.2 Å². The van der Waals surface area contributed by atoms with E-state index in [2.05, 4.69) is 5.10 Å². The van der Waals surface area contributed by atoms with E-state index < -0.39 is 34.7 Å². The lowest BCUT2D eigenvalue weighted by atomic mass is 10.1. The summed E-state index contributed by atoms with van der Waals surface area (Å²) in [6.07, 6.45) is 0. The van der Waals surface area contributed by atoms with Crippen molar-refractivity contribution in [2.24, 2.45) is 0 Å². The predicted molar refractivity (Wildman–Crippen MR) is 116 cm³/mol. The van der Waals surface area contributed by atoms with E-state index in [-0.39, 0.29) is 5.69 Å². The van der Waals surface area contributed by atoms with Crippen LogP contribution in [0.2, 0.25) is 0 Å². The summed E-state index contributed by atoms with van der Waals surface area (Å²) in [7, 11) is 0. The molecule has 0 radical (unpaired) electrons. The molecule has 2 heterocycles. The normalized spacial score (nSPS) is 14.9. The fourth-order valence-electron chi connectivity index (χ4n) is 3.64. The lowest BCUT2D eigenvalue weighted by Gasteiger charge is -2.26. The summed E-state index contributed by atoms with van der Waals surface area (Å²) in [5.41, 5.74) is -0.695. The van der Waals surface area contributed by atoms with Gasteiger partial charge in [-0.05, 0) is 31.0 Å². The standard InChI is InChI=1S/C23H23FN4O4/c1-15-8-9-18(14-19(15)24)28-23(31)27(16(2)17-6-4-3-5-7-17)22(30)20(25-28)21(29)26-10-12-32-13-11-26/h3-9,14,16H,10-13H2,1-2H3. The molecule has 32 heavy (non-hydrogen) atoms. The zero-order chi connectivity index (χ0) is 22.8. The fraction of sp³-hybridized carbons (Fsp3) is 0.304. The number of morpholine rings is 1. The molecule has 1 saturated heterocycles. The lowest BCUT2D eigenvalue weighted by molar-refractivity contribution is 0.0295. The number of carbonyl (C=O) groups is 1. The maximum Gasteiger partial charge on any atom is 0.352 e. The molecule has 8 nitrogen and oxygen atoms in total. The largest absolute Gasteiger partial charge is 0.378 e. The van der Waals surface area contributed by atoms with Gasteiger partial charge < -0.3 is 9.64 Å². The highest BCUT2D eigenvalue weighted by molar-refractivity contribution is 5.91. The van der Waals surface area contributed by atoms with Gasteiger partial charge >= 0.3 is 5.69 Å². The number of aryl methyl sites for hydroxylation is 1. The van der Waals surface area contributed by atoms with E-state index in [1.807, 2.05) is 6.07 Å². The third kappa shape index (κ3) is 3.99. The highest BCUT2D eigenvalue weighted by Gasteiger charge is 2.28. The summed E-state index contributed by atoms with van der Waals surface area (Å²) in [6, 6.07) is 12.5. The van der Waals surface area contributed by atoms with Crippen LogP contribution in [-0.2, 0) is 4.74 Å². The van der Waals surface area contributed by atoms with Crippen LogP contribution in [0.4, 0.5) is 4.39 Å². The molecule has 1 atom stereocenters. The first-order chi connectivity index (χ1) is 15.4. The predicted octanol–water partition coefficient (Wildman–Crippen LogP) is 1.92. The zero-order valence-corrected chi connectivity index (χ0v) is 17.8. The summed E-state index contributed by atoms with van der Waals surface area (Å²) in [4.78, 5) is 41.3. The number of hydrogen-bond donors (Lipinski definition) is 0. The van der Waals surface area contributed by atoms with Crippen LogP contribution in [0.5, 0.6) is 0 Å². The van der Waals surface area contributed by atoms with Crippen molar-refractivity contribution in [1.29, 1.82) is 0 Å². The van der Waals surface area contributed by atoms with Crippen molar-refractivity contribution >= 4 is 5.91 Å². The highest BCUT2D eigenvalue weighted by atomic mass is 19.1. The molecule has 0 aliphatic carbocycles. The third-order valence-electron chi connectivity index (χ3n) is 5.58. The minimum atomic E-state index is -0.785. The van der Waals surface area contributed by atoms with Crippen molar-refractivity contribution in [3.63, 3.8) is 0 Å². The van der Waals surface area contributed by atoms with Crippen molar-refractivity contribution in [2.45, 2.75) is 19.9 Å². The Bertz CT molecular complexity index is 1260. The van der Waals surface area contributed by atoms with Crippen LogP contribution in [0.15, 0.2) is 58.1 Å². The molecule has 1 unspecified atom stereocenters. The second-order valence-corrected chi connectivity index (χ2v) is 7.64. The van der Waals surface area contributed by atoms with Crippen LogP contribution in [-0.4, -0.2) is 51.5 Å². The molecule has 0 saturated carbocycles. The molecule has 1 amide bonds. The summed E-state index contributed by atoms with van der Waals surface area (Å²) >= 11 is 0. The van der Waals surface area contributed by atoms with Gasteiger partial charge in [0.25, 0.3) is 11.5 Å². The lowest BCUT2D eigenvalue weighted by Crippen LogP contribution is -2.49. The second kappa shape index (κ2) is 8.88. The van der Waals surface area contributed by atoms with E-state index in [0.29, 0.717) is 37.4 Å². The van der Waals surface area contributed by atoms with Crippen LogP contribution < -0.4 is 11.2 Å². The number of ether oxygens (including phenoxy) is 1. The van der Waals surface area contributed by atoms with E-state index >= 15 is 0 Å². The van der Waals surface area contributed by atoms with Crippen LogP contribution in [0.25, 0.3) is 5.69 Å². The Morgan fingerprint density at radius 2 is 1.78 bits per heavy atom. The fourth-order valence-corrected chi connectivity index (χ4v) is 3.64. The van der Waals surface area contributed by atoms with Crippen LogP contribution in [0.1, 0.15) is 34.6 Å². The minimum Gasteiger partial charge on any atom is -0.378 e. The van der Waals surface area contributed by atoms with Gasteiger partial charge in [-0.3, -0.25) is 9.59 Å². The van der Waals surface area contributed by atoms with E-state index in [4.69, 9.17) is 4.74 Å². The smallest absolute Gasteiger partial charge is 0.352 e. The molecule has 2 aromatic carbocycles. The number of carbonyl (C=O) groups excluding carboxylic acids is 1. The Kier molecular flexibility index (Phi) is 6.00. The number of amides is 1. The van der Waals surface area contributed by atoms with E-state index in [0.717, 1.165) is 15.3 Å². The molecule has 1 aliphatic heterocycles. The molecule has 1 aromatic heterocycles. The van der Waals surface area contributed by atoms with E-state index in [9.17, 15) is 18.8 Å².